The molecule has 106 valence electrons. The van der Waals surface area contributed by atoms with Gasteiger partial charge in [-0.1, -0.05) is 12.1 Å². The van der Waals surface area contributed by atoms with Crippen LogP contribution in [-0.2, 0) is 0 Å². The lowest BCUT2D eigenvalue weighted by Gasteiger charge is -2.27. The van der Waals surface area contributed by atoms with Gasteiger partial charge in [0, 0.05) is 25.0 Å². The van der Waals surface area contributed by atoms with E-state index in [9.17, 15) is 0 Å². The fourth-order valence-corrected chi connectivity index (χ4v) is 2.61. The highest BCUT2D eigenvalue weighted by Gasteiger charge is 2.15. The molecule has 3 rings (SSSR count). The molecule has 0 spiro atoms. The van der Waals surface area contributed by atoms with Crippen LogP contribution in [0.3, 0.4) is 0 Å². The van der Waals surface area contributed by atoms with Crippen LogP contribution in [0.2, 0.25) is 0 Å². The third-order valence-electron chi connectivity index (χ3n) is 3.63. The van der Waals surface area contributed by atoms with E-state index in [1.165, 1.54) is 19.3 Å². The largest absolute Gasteiger partial charge is 0.395 e. The Morgan fingerprint density at radius 2 is 1.90 bits per heavy atom. The number of nitrogens with one attached hydrogen (secondary N) is 1. The van der Waals surface area contributed by atoms with Gasteiger partial charge >= 0.3 is 0 Å². The predicted molar refractivity (Wildman–Crippen MR) is 81.2 cm³/mol. The highest BCUT2D eigenvalue weighted by atomic mass is 16.3. The number of nitrogens with zero attached hydrogens (tertiary/aromatic N) is 3. The van der Waals surface area contributed by atoms with E-state index in [1.54, 1.807) is 0 Å². The minimum Gasteiger partial charge on any atom is -0.395 e. The van der Waals surface area contributed by atoms with Crippen molar-refractivity contribution in [2.24, 2.45) is 0 Å². The molecule has 1 aromatic carbocycles. The summed E-state index contributed by atoms with van der Waals surface area (Å²) in [4.78, 5) is 11.6. The second-order valence-electron chi connectivity index (χ2n) is 5.09. The number of hydrogen-bond donors (Lipinski definition) is 2. The molecule has 1 aromatic heterocycles. The molecule has 0 atom stereocenters. The van der Waals surface area contributed by atoms with Crippen LogP contribution in [-0.4, -0.2) is 41.3 Å². The molecule has 0 amide bonds. The molecule has 2 N–H and O–H groups in total. The Bertz CT molecular complexity index is 581. The number of fused-ring (bicyclic) bond motifs is 1. The zero-order valence-corrected chi connectivity index (χ0v) is 11.5. The van der Waals surface area contributed by atoms with Gasteiger partial charge in [-0.25, -0.2) is 4.98 Å². The molecule has 0 unspecified atom stereocenters. The average molecular weight is 272 g/mol. The lowest BCUT2D eigenvalue weighted by atomic mass is 10.1. The SMILES string of the molecule is OCCNc1nc(N2CCCCC2)nc2ccccc12. The molecular weight excluding hydrogens is 252 g/mol. The highest BCUT2D eigenvalue weighted by molar-refractivity contribution is 5.90. The van der Waals surface area contributed by atoms with E-state index in [0.717, 1.165) is 35.8 Å². The van der Waals surface area contributed by atoms with Gasteiger partial charge in [-0.2, -0.15) is 4.98 Å². The number of anilines is 2. The number of rotatable bonds is 4. The number of benzene rings is 1. The minimum absolute atomic E-state index is 0.0946. The van der Waals surface area contributed by atoms with Crippen LogP contribution < -0.4 is 10.2 Å². The van der Waals surface area contributed by atoms with Gasteiger partial charge in [-0.05, 0) is 31.4 Å². The van der Waals surface area contributed by atoms with Crippen molar-refractivity contribution in [3.8, 4) is 0 Å². The topological polar surface area (TPSA) is 61.3 Å². The third-order valence-corrected chi connectivity index (χ3v) is 3.63. The minimum atomic E-state index is 0.0946. The van der Waals surface area contributed by atoms with Crippen LogP contribution in [0, 0.1) is 0 Å². The Kier molecular flexibility index (Phi) is 3.97. The number of aliphatic hydroxyl groups excluding tert-OH is 1. The van der Waals surface area contributed by atoms with E-state index >= 15 is 0 Å². The quantitative estimate of drug-likeness (QED) is 0.891. The van der Waals surface area contributed by atoms with Crippen molar-refractivity contribution in [1.82, 2.24) is 9.97 Å². The Morgan fingerprint density at radius 1 is 1.10 bits per heavy atom. The van der Waals surface area contributed by atoms with Gasteiger partial charge in [-0.3, -0.25) is 0 Å². The average Bonchev–Trinajstić information content (AvgIpc) is 2.53. The Morgan fingerprint density at radius 3 is 2.70 bits per heavy atom. The molecule has 0 radical (unpaired) electrons. The molecule has 2 heterocycles. The first-order valence-electron chi connectivity index (χ1n) is 7.25. The van der Waals surface area contributed by atoms with Gasteiger partial charge in [-0.15, -0.1) is 0 Å². The molecule has 20 heavy (non-hydrogen) atoms. The summed E-state index contributed by atoms with van der Waals surface area (Å²) in [6.45, 7) is 2.65. The number of aromatic nitrogens is 2. The van der Waals surface area contributed by atoms with Gasteiger partial charge in [0.15, 0.2) is 0 Å². The maximum atomic E-state index is 9.00. The highest BCUT2D eigenvalue weighted by Crippen LogP contribution is 2.24. The van der Waals surface area contributed by atoms with Gasteiger partial charge in [0.1, 0.15) is 5.82 Å². The lowest BCUT2D eigenvalue weighted by molar-refractivity contribution is 0.311. The summed E-state index contributed by atoms with van der Waals surface area (Å²) >= 11 is 0. The summed E-state index contributed by atoms with van der Waals surface area (Å²) in [5.41, 5.74) is 0.948. The molecule has 5 heteroatoms. The van der Waals surface area contributed by atoms with Gasteiger partial charge in [0.05, 0.1) is 12.1 Å². The summed E-state index contributed by atoms with van der Waals surface area (Å²) in [6, 6.07) is 7.99. The van der Waals surface area contributed by atoms with Gasteiger partial charge in [0.2, 0.25) is 5.95 Å². The second-order valence-corrected chi connectivity index (χ2v) is 5.09. The Balaban J connectivity index is 1.99. The van der Waals surface area contributed by atoms with Crippen LogP contribution in [0.25, 0.3) is 10.9 Å². The Labute approximate surface area is 118 Å². The first kappa shape index (κ1) is 13.1. The van der Waals surface area contributed by atoms with Crippen LogP contribution in [0.5, 0.6) is 0 Å². The van der Waals surface area contributed by atoms with Gasteiger partial charge in [0.25, 0.3) is 0 Å². The van der Waals surface area contributed by atoms with E-state index in [-0.39, 0.29) is 6.61 Å². The number of hydrogen-bond acceptors (Lipinski definition) is 5. The van der Waals surface area contributed by atoms with Crippen molar-refractivity contribution >= 4 is 22.7 Å². The van der Waals surface area contributed by atoms with Crippen molar-refractivity contribution in [2.45, 2.75) is 19.3 Å². The van der Waals surface area contributed by atoms with Crippen LogP contribution in [0.4, 0.5) is 11.8 Å². The van der Waals surface area contributed by atoms with Crippen molar-refractivity contribution in [2.75, 3.05) is 36.5 Å². The molecular formula is C15H20N4O. The summed E-state index contributed by atoms with van der Waals surface area (Å²) in [5.74, 6) is 1.61. The number of piperidine rings is 1. The monoisotopic (exact) mass is 272 g/mol. The first-order valence-corrected chi connectivity index (χ1v) is 7.25. The molecule has 2 aromatic rings. The van der Waals surface area contributed by atoms with E-state index in [4.69, 9.17) is 5.11 Å². The predicted octanol–water partition coefficient (Wildman–Crippen LogP) is 2.02. The summed E-state index contributed by atoms with van der Waals surface area (Å²) in [6.07, 6.45) is 3.70. The number of aliphatic hydroxyl groups is 1. The van der Waals surface area contributed by atoms with Crippen LogP contribution in [0.15, 0.2) is 24.3 Å². The van der Waals surface area contributed by atoms with Crippen molar-refractivity contribution < 1.29 is 5.11 Å². The van der Waals surface area contributed by atoms with Gasteiger partial charge < -0.3 is 15.3 Å². The maximum absolute atomic E-state index is 9.00. The molecule has 0 bridgehead atoms. The fraction of sp³-hybridized carbons (Fsp3) is 0.467. The zero-order valence-electron chi connectivity index (χ0n) is 11.5. The smallest absolute Gasteiger partial charge is 0.227 e. The fourth-order valence-electron chi connectivity index (χ4n) is 2.61. The van der Waals surface area contributed by atoms with Crippen molar-refractivity contribution in [3.05, 3.63) is 24.3 Å². The summed E-state index contributed by atoms with van der Waals surface area (Å²) < 4.78 is 0. The summed E-state index contributed by atoms with van der Waals surface area (Å²) in [5, 5.41) is 13.2. The summed E-state index contributed by atoms with van der Waals surface area (Å²) in [7, 11) is 0. The molecule has 5 nitrogen and oxygen atoms in total. The van der Waals surface area contributed by atoms with E-state index in [0.29, 0.717) is 6.54 Å². The zero-order chi connectivity index (χ0) is 13.8. The first-order chi connectivity index (χ1) is 9.88. The van der Waals surface area contributed by atoms with Crippen LogP contribution in [0.1, 0.15) is 19.3 Å². The maximum Gasteiger partial charge on any atom is 0.227 e. The molecule has 0 aliphatic carbocycles. The van der Waals surface area contributed by atoms with E-state index < -0.39 is 0 Å². The van der Waals surface area contributed by atoms with Crippen LogP contribution >= 0.6 is 0 Å². The molecule has 1 aliphatic rings. The molecule has 1 saturated heterocycles. The standard InChI is InChI=1S/C15H20N4O/c20-11-8-16-14-12-6-2-3-7-13(12)17-15(18-14)19-9-4-1-5-10-19/h2-3,6-7,20H,1,4-5,8-11H2,(H,16,17,18). The lowest BCUT2D eigenvalue weighted by Crippen LogP contribution is -2.31. The molecule has 1 aliphatic heterocycles. The third kappa shape index (κ3) is 2.67. The Hall–Kier alpha value is -1.88. The molecule has 1 fully saturated rings. The number of para-hydroxylation sites is 1. The molecule has 0 saturated carbocycles. The van der Waals surface area contributed by atoms with Crippen molar-refractivity contribution in [1.29, 1.82) is 0 Å². The second kappa shape index (κ2) is 6.05. The van der Waals surface area contributed by atoms with E-state index in [1.807, 2.05) is 24.3 Å². The van der Waals surface area contributed by atoms with Crippen molar-refractivity contribution in [3.63, 3.8) is 0 Å². The normalized spacial score (nSPS) is 15.6. The van der Waals surface area contributed by atoms with E-state index in [2.05, 4.69) is 20.2 Å².